The zero-order chi connectivity index (χ0) is 20.2. The Morgan fingerprint density at radius 2 is 1.97 bits per heavy atom. The van der Waals surface area contributed by atoms with E-state index in [9.17, 15) is 14.0 Å². The average Bonchev–Trinajstić information content (AvgIpc) is 3.21. The van der Waals surface area contributed by atoms with E-state index in [1.807, 2.05) is 6.07 Å². The number of hydrogen-bond acceptors (Lipinski definition) is 4. The van der Waals surface area contributed by atoms with Gasteiger partial charge < -0.3 is 10.2 Å². The molecular weight excluding hydrogens is 371 g/mol. The van der Waals surface area contributed by atoms with Gasteiger partial charge in [0.05, 0.1) is 17.2 Å². The molecule has 2 heterocycles. The molecule has 1 amide bonds. The summed E-state index contributed by atoms with van der Waals surface area (Å²) in [6.07, 6.45) is 2.70. The first-order valence-corrected chi connectivity index (χ1v) is 9.81. The molecule has 1 aliphatic rings. The molecule has 0 spiro atoms. The molecule has 7 heteroatoms. The van der Waals surface area contributed by atoms with Crippen LogP contribution in [0.15, 0.2) is 59.7 Å². The lowest BCUT2D eigenvalue weighted by Gasteiger charge is -2.18. The Labute approximate surface area is 168 Å². The van der Waals surface area contributed by atoms with E-state index in [0.29, 0.717) is 29.9 Å². The molecule has 1 N–H and O–H groups in total. The summed E-state index contributed by atoms with van der Waals surface area (Å²) in [5.41, 5.74) is 1.53. The van der Waals surface area contributed by atoms with Gasteiger partial charge in [0.1, 0.15) is 5.82 Å². The van der Waals surface area contributed by atoms with Gasteiger partial charge in [-0.1, -0.05) is 12.1 Å². The molecule has 1 atom stereocenters. The molecule has 0 saturated carbocycles. The standard InChI is InChI=1S/C22H23FN4O2/c23-17-5-7-18(8-6-17)26-11-9-16(14-26)13-24-21(28)10-12-27-15-25-20-4-2-1-3-19(20)22(27)29/h1-8,15-16H,9-14H2,(H,24,28). The predicted octanol–water partition coefficient (Wildman–Crippen LogP) is 2.57. The van der Waals surface area contributed by atoms with Crippen LogP contribution >= 0.6 is 0 Å². The first kappa shape index (κ1) is 19.1. The van der Waals surface area contributed by atoms with E-state index in [0.717, 1.165) is 25.2 Å². The Bertz CT molecular complexity index is 1060. The van der Waals surface area contributed by atoms with Crippen molar-refractivity contribution in [3.05, 3.63) is 71.0 Å². The number of anilines is 1. The number of aryl methyl sites for hydroxylation is 1. The molecule has 4 rings (SSSR count). The predicted molar refractivity (Wildman–Crippen MR) is 110 cm³/mol. The third-order valence-corrected chi connectivity index (χ3v) is 5.38. The maximum Gasteiger partial charge on any atom is 0.261 e. The highest BCUT2D eigenvalue weighted by atomic mass is 19.1. The molecule has 0 bridgehead atoms. The van der Waals surface area contributed by atoms with Crippen LogP contribution in [0, 0.1) is 11.7 Å². The number of hydrogen-bond donors (Lipinski definition) is 1. The number of amides is 1. The second-order valence-electron chi connectivity index (χ2n) is 7.39. The fourth-order valence-electron chi connectivity index (χ4n) is 3.72. The summed E-state index contributed by atoms with van der Waals surface area (Å²) in [4.78, 5) is 31.2. The lowest BCUT2D eigenvalue weighted by atomic mass is 10.1. The van der Waals surface area contributed by atoms with Crippen LogP contribution in [0.4, 0.5) is 10.1 Å². The fraction of sp³-hybridized carbons (Fsp3) is 0.318. The Morgan fingerprint density at radius 3 is 2.79 bits per heavy atom. The molecule has 1 aliphatic heterocycles. The van der Waals surface area contributed by atoms with E-state index in [1.54, 1.807) is 30.3 Å². The number of aromatic nitrogens is 2. The zero-order valence-corrected chi connectivity index (χ0v) is 16.1. The van der Waals surface area contributed by atoms with Gasteiger partial charge >= 0.3 is 0 Å². The number of halogens is 1. The smallest absolute Gasteiger partial charge is 0.261 e. The third kappa shape index (κ3) is 4.45. The monoisotopic (exact) mass is 394 g/mol. The Kier molecular flexibility index (Phi) is 5.55. The van der Waals surface area contributed by atoms with E-state index >= 15 is 0 Å². The van der Waals surface area contributed by atoms with Crippen molar-refractivity contribution in [3.63, 3.8) is 0 Å². The first-order valence-electron chi connectivity index (χ1n) is 9.81. The summed E-state index contributed by atoms with van der Waals surface area (Å²) in [5, 5.41) is 3.53. The van der Waals surface area contributed by atoms with Crippen molar-refractivity contribution in [1.29, 1.82) is 0 Å². The van der Waals surface area contributed by atoms with Crippen LogP contribution in [0.3, 0.4) is 0 Å². The van der Waals surface area contributed by atoms with Crippen LogP contribution in [0.2, 0.25) is 0 Å². The van der Waals surface area contributed by atoms with Gasteiger partial charge in [-0.15, -0.1) is 0 Å². The van der Waals surface area contributed by atoms with Gasteiger partial charge in [0.25, 0.3) is 5.56 Å². The Hall–Kier alpha value is -3.22. The molecular formula is C22H23FN4O2. The minimum absolute atomic E-state index is 0.0784. The van der Waals surface area contributed by atoms with Crippen LogP contribution in [-0.2, 0) is 11.3 Å². The molecule has 0 aliphatic carbocycles. The number of benzene rings is 2. The van der Waals surface area contributed by atoms with Crippen molar-refractivity contribution in [2.45, 2.75) is 19.4 Å². The molecule has 1 saturated heterocycles. The van der Waals surface area contributed by atoms with E-state index in [4.69, 9.17) is 0 Å². The third-order valence-electron chi connectivity index (χ3n) is 5.38. The summed E-state index contributed by atoms with van der Waals surface area (Å²) in [7, 11) is 0. The number of carbonyl (C=O) groups excluding carboxylic acids is 1. The van der Waals surface area contributed by atoms with Crippen LogP contribution in [0.25, 0.3) is 10.9 Å². The number of nitrogens with zero attached hydrogens (tertiary/aromatic N) is 3. The van der Waals surface area contributed by atoms with Crippen molar-refractivity contribution in [2.24, 2.45) is 5.92 Å². The van der Waals surface area contributed by atoms with Crippen LogP contribution in [0.5, 0.6) is 0 Å². The number of fused-ring (bicyclic) bond motifs is 1. The molecule has 150 valence electrons. The zero-order valence-electron chi connectivity index (χ0n) is 16.1. The second-order valence-corrected chi connectivity index (χ2v) is 7.39. The normalized spacial score (nSPS) is 16.3. The fourth-order valence-corrected chi connectivity index (χ4v) is 3.72. The van der Waals surface area contributed by atoms with Crippen molar-refractivity contribution >= 4 is 22.5 Å². The van der Waals surface area contributed by atoms with Crippen molar-refractivity contribution in [1.82, 2.24) is 14.9 Å². The molecule has 1 unspecified atom stereocenters. The van der Waals surface area contributed by atoms with Gasteiger partial charge in [-0.3, -0.25) is 14.2 Å². The molecule has 0 radical (unpaired) electrons. The Morgan fingerprint density at radius 1 is 1.17 bits per heavy atom. The number of carbonyl (C=O) groups is 1. The van der Waals surface area contributed by atoms with Crippen LogP contribution in [0.1, 0.15) is 12.8 Å². The molecule has 6 nitrogen and oxygen atoms in total. The van der Waals surface area contributed by atoms with Gasteiger partial charge in [0, 0.05) is 38.3 Å². The van der Waals surface area contributed by atoms with Crippen molar-refractivity contribution in [2.75, 3.05) is 24.5 Å². The first-order chi connectivity index (χ1) is 14.1. The summed E-state index contributed by atoms with van der Waals surface area (Å²) in [6, 6.07) is 13.7. The number of nitrogens with one attached hydrogen (secondary N) is 1. The summed E-state index contributed by atoms with van der Waals surface area (Å²) < 4.78 is 14.5. The molecule has 2 aromatic carbocycles. The van der Waals surface area contributed by atoms with E-state index in [-0.39, 0.29) is 23.7 Å². The molecule has 3 aromatic rings. The van der Waals surface area contributed by atoms with Gasteiger partial charge in [-0.25, -0.2) is 9.37 Å². The van der Waals surface area contributed by atoms with Gasteiger partial charge in [-0.05, 0) is 48.7 Å². The highest BCUT2D eigenvalue weighted by Gasteiger charge is 2.23. The largest absolute Gasteiger partial charge is 0.371 e. The summed E-state index contributed by atoms with van der Waals surface area (Å²) in [5.74, 6) is 0.0387. The van der Waals surface area contributed by atoms with Gasteiger partial charge in [0.2, 0.25) is 5.91 Å². The van der Waals surface area contributed by atoms with Gasteiger partial charge in [0.15, 0.2) is 0 Å². The molecule has 1 aromatic heterocycles. The van der Waals surface area contributed by atoms with E-state index < -0.39 is 0 Å². The lowest BCUT2D eigenvalue weighted by Crippen LogP contribution is -2.32. The maximum atomic E-state index is 13.1. The molecule has 29 heavy (non-hydrogen) atoms. The van der Waals surface area contributed by atoms with E-state index in [2.05, 4.69) is 15.2 Å². The minimum atomic E-state index is -0.238. The number of rotatable bonds is 6. The lowest BCUT2D eigenvalue weighted by molar-refractivity contribution is -0.121. The van der Waals surface area contributed by atoms with Crippen molar-refractivity contribution < 1.29 is 9.18 Å². The highest BCUT2D eigenvalue weighted by molar-refractivity contribution is 5.77. The maximum absolute atomic E-state index is 13.1. The second kappa shape index (κ2) is 8.43. The quantitative estimate of drug-likeness (QED) is 0.698. The SMILES string of the molecule is O=C(CCn1cnc2ccccc2c1=O)NCC1CCN(c2ccc(F)cc2)C1. The molecule has 1 fully saturated rings. The van der Waals surface area contributed by atoms with E-state index in [1.165, 1.54) is 23.0 Å². The van der Waals surface area contributed by atoms with Gasteiger partial charge in [-0.2, -0.15) is 0 Å². The van der Waals surface area contributed by atoms with Crippen molar-refractivity contribution in [3.8, 4) is 0 Å². The number of para-hydroxylation sites is 1. The topological polar surface area (TPSA) is 67.2 Å². The minimum Gasteiger partial charge on any atom is -0.371 e. The van der Waals surface area contributed by atoms with Crippen LogP contribution in [-0.4, -0.2) is 35.1 Å². The summed E-state index contributed by atoms with van der Waals surface area (Å²) >= 11 is 0. The van der Waals surface area contributed by atoms with Crippen LogP contribution < -0.4 is 15.8 Å². The summed E-state index contributed by atoms with van der Waals surface area (Å²) in [6.45, 7) is 2.63. The Balaban J connectivity index is 1.26. The highest BCUT2D eigenvalue weighted by Crippen LogP contribution is 2.23. The average molecular weight is 394 g/mol.